The van der Waals surface area contributed by atoms with Crippen molar-refractivity contribution < 1.29 is 9.32 Å². The fourth-order valence-corrected chi connectivity index (χ4v) is 2.13. The number of anilines is 2. The topological polar surface area (TPSA) is 84.2 Å². The Morgan fingerprint density at radius 1 is 1.30 bits per heavy atom. The first kappa shape index (κ1) is 12.6. The third-order valence-corrected chi connectivity index (χ3v) is 3.16. The van der Waals surface area contributed by atoms with E-state index >= 15 is 0 Å². The van der Waals surface area contributed by atoms with Crippen molar-refractivity contribution in [1.82, 2.24) is 15.1 Å². The fraction of sp³-hybridized carbons (Fsp3) is 0.385. The molecule has 1 N–H and O–H groups in total. The second-order valence-corrected chi connectivity index (χ2v) is 4.74. The molecule has 104 valence electrons. The molecule has 0 unspecified atom stereocenters. The van der Waals surface area contributed by atoms with E-state index in [1.54, 1.807) is 13.0 Å². The summed E-state index contributed by atoms with van der Waals surface area (Å²) in [6.07, 6.45) is 5.39. The second-order valence-electron chi connectivity index (χ2n) is 4.74. The van der Waals surface area contributed by atoms with Crippen LogP contribution in [0.3, 0.4) is 0 Å². The lowest BCUT2D eigenvalue weighted by molar-refractivity contribution is 0.102. The van der Waals surface area contributed by atoms with Crippen molar-refractivity contribution in [2.24, 2.45) is 0 Å². The summed E-state index contributed by atoms with van der Waals surface area (Å²) in [4.78, 5) is 22.6. The highest BCUT2D eigenvalue weighted by Crippen LogP contribution is 2.15. The maximum atomic E-state index is 12.0. The number of aromatic nitrogens is 3. The maximum Gasteiger partial charge on any atom is 0.260 e. The standard InChI is InChI=1S/C13H15N5O2/c1-9-6-11(17-20-9)16-12(19)10-7-14-13(15-8-10)18-4-2-3-5-18/h6-8H,2-5H2,1H3,(H,16,17,19). The summed E-state index contributed by atoms with van der Waals surface area (Å²) in [7, 11) is 0. The van der Waals surface area contributed by atoms with E-state index in [4.69, 9.17) is 4.52 Å². The Labute approximate surface area is 116 Å². The molecule has 7 heteroatoms. The lowest BCUT2D eigenvalue weighted by atomic mass is 10.3. The Kier molecular flexibility index (Phi) is 3.32. The number of hydrogen-bond donors (Lipinski definition) is 1. The van der Waals surface area contributed by atoms with Crippen molar-refractivity contribution in [3.8, 4) is 0 Å². The van der Waals surface area contributed by atoms with Crippen molar-refractivity contribution >= 4 is 17.7 Å². The third-order valence-electron chi connectivity index (χ3n) is 3.16. The van der Waals surface area contributed by atoms with Crippen LogP contribution in [-0.2, 0) is 0 Å². The number of nitrogens with zero attached hydrogens (tertiary/aromatic N) is 4. The summed E-state index contributed by atoms with van der Waals surface area (Å²) in [6.45, 7) is 3.71. The minimum Gasteiger partial charge on any atom is -0.360 e. The number of hydrogen-bond acceptors (Lipinski definition) is 6. The van der Waals surface area contributed by atoms with Gasteiger partial charge in [-0.05, 0) is 19.8 Å². The first-order chi connectivity index (χ1) is 9.72. The molecular formula is C13H15N5O2. The highest BCUT2D eigenvalue weighted by atomic mass is 16.5. The summed E-state index contributed by atoms with van der Waals surface area (Å²) >= 11 is 0. The minimum atomic E-state index is -0.300. The Balaban J connectivity index is 1.68. The minimum absolute atomic E-state index is 0.300. The molecule has 0 saturated carbocycles. The monoisotopic (exact) mass is 273 g/mol. The quantitative estimate of drug-likeness (QED) is 0.914. The molecule has 1 aliphatic rings. The molecule has 3 rings (SSSR count). The highest BCUT2D eigenvalue weighted by Gasteiger charge is 2.16. The molecule has 7 nitrogen and oxygen atoms in total. The molecule has 0 bridgehead atoms. The molecule has 2 aromatic heterocycles. The number of amides is 1. The molecule has 20 heavy (non-hydrogen) atoms. The molecule has 3 heterocycles. The van der Waals surface area contributed by atoms with Crippen LogP contribution < -0.4 is 10.2 Å². The normalized spacial score (nSPS) is 14.6. The molecule has 1 saturated heterocycles. The fourth-order valence-electron chi connectivity index (χ4n) is 2.13. The van der Waals surface area contributed by atoms with Crippen LogP contribution in [0.1, 0.15) is 29.0 Å². The van der Waals surface area contributed by atoms with Gasteiger partial charge in [0.1, 0.15) is 5.76 Å². The van der Waals surface area contributed by atoms with Crippen LogP contribution in [0.25, 0.3) is 0 Å². The van der Waals surface area contributed by atoms with E-state index in [9.17, 15) is 4.79 Å². The number of rotatable bonds is 3. The lowest BCUT2D eigenvalue weighted by Gasteiger charge is -2.14. The van der Waals surface area contributed by atoms with Crippen molar-refractivity contribution in [3.05, 3.63) is 29.8 Å². The average molecular weight is 273 g/mol. The number of nitrogens with one attached hydrogen (secondary N) is 1. The maximum absolute atomic E-state index is 12.0. The van der Waals surface area contributed by atoms with Crippen molar-refractivity contribution in [2.75, 3.05) is 23.3 Å². The molecule has 1 fully saturated rings. The van der Waals surface area contributed by atoms with E-state index in [-0.39, 0.29) is 5.91 Å². The zero-order valence-corrected chi connectivity index (χ0v) is 11.2. The van der Waals surface area contributed by atoms with Crippen molar-refractivity contribution in [2.45, 2.75) is 19.8 Å². The van der Waals surface area contributed by atoms with Gasteiger partial charge in [-0.15, -0.1) is 0 Å². The molecule has 0 atom stereocenters. The zero-order valence-electron chi connectivity index (χ0n) is 11.2. The van der Waals surface area contributed by atoms with E-state index in [2.05, 4.69) is 25.3 Å². The van der Waals surface area contributed by atoms with Crippen LogP contribution in [0.4, 0.5) is 11.8 Å². The van der Waals surface area contributed by atoms with Gasteiger partial charge in [-0.1, -0.05) is 5.16 Å². The predicted molar refractivity (Wildman–Crippen MR) is 72.7 cm³/mol. The van der Waals surface area contributed by atoms with E-state index in [0.717, 1.165) is 25.9 Å². The zero-order chi connectivity index (χ0) is 13.9. The van der Waals surface area contributed by atoms with Gasteiger partial charge in [0.15, 0.2) is 5.82 Å². The van der Waals surface area contributed by atoms with Gasteiger partial charge >= 0.3 is 0 Å². The summed E-state index contributed by atoms with van der Waals surface area (Å²) in [6, 6.07) is 1.65. The van der Waals surface area contributed by atoms with Gasteiger partial charge in [0.05, 0.1) is 5.56 Å². The summed E-state index contributed by atoms with van der Waals surface area (Å²) < 4.78 is 4.89. The molecule has 0 spiro atoms. The Hall–Kier alpha value is -2.44. The van der Waals surface area contributed by atoms with Crippen LogP contribution in [0.15, 0.2) is 23.0 Å². The second kappa shape index (κ2) is 5.28. The first-order valence-electron chi connectivity index (χ1n) is 6.54. The SMILES string of the molecule is Cc1cc(NC(=O)c2cnc(N3CCCC3)nc2)no1. The average Bonchev–Trinajstić information content (AvgIpc) is 3.11. The van der Waals surface area contributed by atoms with Gasteiger partial charge in [0.25, 0.3) is 5.91 Å². The predicted octanol–water partition coefficient (Wildman–Crippen LogP) is 1.63. The van der Waals surface area contributed by atoms with Gasteiger partial charge in [0, 0.05) is 31.5 Å². The molecule has 1 amide bonds. The molecule has 0 aliphatic carbocycles. The van der Waals surface area contributed by atoms with Crippen LogP contribution in [0.5, 0.6) is 0 Å². The lowest BCUT2D eigenvalue weighted by Crippen LogP contribution is -2.21. The van der Waals surface area contributed by atoms with E-state index in [1.165, 1.54) is 12.4 Å². The smallest absolute Gasteiger partial charge is 0.260 e. The van der Waals surface area contributed by atoms with Crippen LogP contribution in [0.2, 0.25) is 0 Å². The number of aryl methyl sites for hydroxylation is 1. The first-order valence-corrected chi connectivity index (χ1v) is 6.54. The summed E-state index contributed by atoms with van der Waals surface area (Å²) in [5, 5.41) is 6.34. The van der Waals surface area contributed by atoms with Gasteiger partial charge in [-0.3, -0.25) is 4.79 Å². The Bertz CT molecular complexity index is 601. The number of carbonyl (C=O) groups excluding carboxylic acids is 1. The van der Waals surface area contributed by atoms with Gasteiger partial charge in [-0.25, -0.2) is 9.97 Å². The highest BCUT2D eigenvalue weighted by molar-refractivity contribution is 6.03. The molecular weight excluding hydrogens is 258 g/mol. The Morgan fingerprint density at radius 2 is 2.00 bits per heavy atom. The largest absolute Gasteiger partial charge is 0.360 e. The molecule has 2 aromatic rings. The van der Waals surface area contributed by atoms with E-state index in [0.29, 0.717) is 23.1 Å². The third kappa shape index (κ3) is 2.61. The van der Waals surface area contributed by atoms with Gasteiger partial charge in [0.2, 0.25) is 5.95 Å². The van der Waals surface area contributed by atoms with Crippen molar-refractivity contribution in [1.29, 1.82) is 0 Å². The molecule has 0 radical (unpaired) electrons. The van der Waals surface area contributed by atoms with Crippen molar-refractivity contribution in [3.63, 3.8) is 0 Å². The van der Waals surface area contributed by atoms with Gasteiger partial charge < -0.3 is 14.7 Å². The number of carbonyl (C=O) groups is 1. The van der Waals surface area contributed by atoms with Crippen LogP contribution in [-0.4, -0.2) is 34.1 Å². The summed E-state index contributed by atoms with van der Waals surface area (Å²) in [5.41, 5.74) is 0.397. The van der Waals surface area contributed by atoms with Crippen LogP contribution in [0, 0.1) is 6.92 Å². The molecule has 0 aromatic carbocycles. The van der Waals surface area contributed by atoms with E-state index < -0.39 is 0 Å². The van der Waals surface area contributed by atoms with Gasteiger partial charge in [-0.2, -0.15) is 0 Å². The molecule has 1 aliphatic heterocycles. The van der Waals surface area contributed by atoms with E-state index in [1.807, 2.05) is 0 Å². The Morgan fingerprint density at radius 3 is 2.60 bits per heavy atom. The van der Waals surface area contributed by atoms with Crippen LogP contribution >= 0.6 is 0 Å². The summed E-state index contributed by atoms with van der Waals surface area (Å²) in [5.74, 6) is 1.40.